The number of alkyl halides is 3. The van der Waals surface area contributed by atoms with Crippen LogP contribution in [-0.4, -0.2) is 37.0 Å². The number of ether oxygens (including phenoxy) is 1. The molecule has 0 spiro atoms. The van der Waals surface area contributed by atoms with Gasteiger partial charge in [0.15, 0.2) is 0 Å². The Labute approximate surface area is 133 Å². The van der Waals surface area contributed by atoms with E-state index in [-0.39, 0.29) is 24.4 Å². The van der Waals surface area contributed by atoms with Crippen molar-refractivity contribution in [1.29, 1.82) is 0 Å². The lowest BCUT2D eigenvalue weighted by molar-refractivity contribution is -0.141. The van der Waals surface area contributed by atoms with Crippen LogP contribution in [0, 0.1) is 5.92 Å². The quantitative estimate of drug-likeness (QED) is 0.751. The third-order valence-electron chi connectivity index (χ3n) is 3.15. The van der Waals surface area contributed by atoms with Gasteiger partial charge in [-0.1, -0.05) is 13.8 Å². The number of esters is 1. The van der Waals surface area contributed by atoms with Crippen LogP contribution in [0.4, 0.5) is 13.2 Å². The molecule has 0 heterocycles. The van der Waals surface area contributed by atoms with Crippen LogP contribution in [-0.2, 0) is 15.7 Å². The molecule has 0 aromatic heterocycles. The monoisotopic (exact) mass is 331 g/mol. The molecule has 23 heavy (non-hydrogen) atoms. The third kappa shape index (κ3) is 5.92. The molecular formula is C16H20F3NO3. The Morgan fingerprint density at radius 3 is 2.17 bits per heavy atom. The maximum absolute atomic E-state index is 12.6. The van der Waals surface area contributed by atoms with E-state index in [1.807, 2.05) is 13.8 Å². The van der Waals surface area contributed by atoms with Gasteiger partial charge in [-0.3, -0.25) is 9.59 Å². The molecule has 0 radical (unpaired) electrons. The first-order valence-corrected chi connectivity index (χ1v) is 7.18. The highest BCUT2D eigenvalue weighted by Gasteiger charge is 2.30. The Bertz CT molecular complexity index is 538. The molecule has 0 atom stereocenters. The molecule has 1 aromatic rings. The van der Waals surface area contributed by atoms with Crippen molar-refractivity contribution >= 4 is 11.9 Å². The van der Waals surface area contributed by atoms with Crippen LogP contribution in [0.1, 0.15) is 36.2 Å². The van der Waals surface area contributed by atoms with Crippen LogP contribution < -0.4 is 0 Å². The normalized spacial score (nSPS) is 11.4. The van der Waals surface area contributed by atoms with E-state index in [4.69, 9.17) is 0 Å². The summed E-state index contributed by atoms with van der Waals surface area (Å²) in [6.45, 7) is 4.37. The summed E-state index contributed by atoms with van der Waals surface area (Å²) in [4.78, 5) is 25.1. The van der Waals surface area contributed by atoms with Gasteiger partial charge < -0.3 is 9.64 Å². The van der Waals surface area contributed by atoms with Crippen molar-refractivity contribution in [1.82, 2.24) is 4.90 Å². The summed E-state index contributed by atoms with van der Waals surface area (Å²) >= 11 is 0. The summed E-state index contributed by atoms with van der Waals surface area (Å²) in [6.07, 6.45) is -4.40. The van der Waals surface area contributed by atoms with Crippen LogP contribution >= 0.6 is 0 Å². The van der Waals surface area contributed by atoms with Gasteiger partial charge in [0, 0.05) is 18.7 Å². The zero-order valence-electron chi connectivity index (χ0n) is 13.3. The first-order chi connectivity index (χ1) is 10.6. The molecule has 0 saturated heterocycles. The highest BCUT2D eigenvalue weighted by Crippen LogP contribution is 2.29. The number of carbonyl (C=O) groups is 2. The van der Waals surface area contributed by atoms with Crippen molar-refractivity contribution in [3.05, 3.63) is 35.4 Å². The first kappa shape index (κ1) is 19.0. The summed E-state index contributed by atoms with van der Waals surface area (Å²) < 4.78 is 42.2. The van der Waals surface area contributed by atoms with Crippen LogP contribution in [0.5, 0.6) is 0 Å². The lowest BCUT2D eigenvalue weighted by Crippen LogP contribution is -2.36. The van der Waals surface area contributed by atoms with Gasteiger partial charge >= 0.3 is 12.1 Å². The average molecular weight is 331 g/mol. The number of nitrogens with zero attached hydrogens (tertiary/aromatic N) is 1. The SMILES string of the molecule is COC(=O)CCN(CC(C)C)C(=O)c1ccc(C(F)(F)F)cc1. The zero-order chi connectivity index (χ0) is 17.6. The molecule has 0 saturated carbocycles. The van der Waals surface area contributed by atoms with Crippen molar-refractivity contribution in [2.75, 3.05) is 20.2 Å². The Morgan fingerprint density at radius 2 is 1.74 bits per heavy atom. The molecular weight excluding hydrogens is 311 g/mol. The van der Waals surface area contributed by atoms with Gasteiger partial charge in [-0.2, -0.15) is 13.2 Å². The third-order valence-corrected chi connectivity index (χ3v) is 3.15. The Balaban J connectivity index is 2.88. The molecule has 0 unspecified atom stereocenters. The van der Waals surface area contributed by atoms with Crippen molar-refractivity contribution in [2.45, 2.75) is 26.4 Å². The minimum atomic E-state index is -4.44. The molecule has 0 aliphatic heterocycles. The molecule has 0 aliphatic carbocycles. The fourth-order valence-corrected chi connectivity index (χ4v) is 2.03. The van der Waals surface area contributed by atoms with Gasteiger partial charge in [-0.05, 0) is 30.2 Å². The highest BCUT2D eigenvalue weighted by atomic mass is 19.4. The van der Waals surface area contributed by atoms with Gasteiger partial charge in [0.1, 0.15) is 0 Å². The number of hydrogen-bond donors (Lipinski definition) is 0. The van der Waals surface area contributed by atoms with E-state index in [0.29, 0.717) is 6.54 Å². The number of methoxy groups -OCH3 is 1. The van der Waals surface area contributed by atoms with Gasteiger partial charge in [0.2, 0.25) is 0 Å². The Kier molecular flexibility index (Phi) is 6.60. The maximum Gasteiger partial charge on any atom is 0.416 e. The summed E-state index contributed by atoms with van der Waals surface area (Å²) in [7, 11) is 1.26. The van der Waals surface area contributed by atoms with E-state index >= 15 is 0 Å². The number of carbonyl (C=O) groups excluding carboxylic acids is 2. The van der Waals surface area contributed by atoms with E-state index in [1.54, 1.807) is 0 Å². The van der Waals surface area contributed by atoms with Crippen molar-refractivity contribution in [2.24, 2.45) is 5.92 Å². The molecule has 0 fully saturated rings. The minimum Gasteiger partial charge on any atom is -0.469 e. The summed E-state index contributed by atoms with van der Waals surface area (Å²) in [6, 6.07) is 4.05. The second-order valence-corrected chi connectivity index (χ2v) is 5.55. The topological polar surface area (TPSA) is 46.6 Å². The minimum absolute atomic E-state index is 0.0373. The largest absolute Gasteiger partial charge is 0.469 e. The second-order valence-electron chi connectivity index (χ2n) is 5.55. The number of hydrogen-bond acceptors (Lipinski definition) is 3. The number of rotatable bonds is 6. The van der Waals surface area contributed by atoms with Gasteiger partial charge in [-0.15, -0.1) is 0 Å². The van der Waals surface area contributed by atoms with Gasteiger partial charge in [0.05, 0.1) is 19.1 Å². The van der Waals surface area contributed by atoms with Gasteiger partial charge in [0.25, 0.3) is 5.91 Å². The number of halogens is 3. The lowest BCUT2D eigenvalue weighted by Gasteiger charge is -2.24. The predicted octanol–water partition coefficient (Wildman–Crippen LogP) is 3.37. The van der Waals surface area contributed by atoms with E-state index in [0.717, 1.165) is 24.3 Å². The molecule has 0 bridgehead atoms. The summed E-state index contributed by atoms with van der Waals surface area (Å²) in [5.41, 5.74) is -0.650. The molecule has 0 aliphatic rings. The highest BCUT2D eigenvalue weighted by molar-refractivity contribution is 5.94. The Morgan fingerprint density at radius 1 is 1.17 bits per heavy atom. The predicted molar refractivity (Wildman–Crippen MR) is 78.8 cm³/mol. The van der Waals surface area contributed by atoms with Crippen molar-refractivity contribution in [3.63, 3.8) is 0 Å². The second kappa shape index (κ2) is 7.99. The number of benzene rings is 1. The van der Waals surface area contributed by atoms with Crippen molar-refractivity contribution < 1.29 is 27.5 Å². The summed E-state index contributed by atoms with van der Waals surface area (Å²) in [5.74, 6) is -0.693. The molecule has 4 nitrogen and oxygen atoms in total. The van der Waals surface area contributed by atoms with Crippen LogP contribution in [0.15, 0.2) is 24.3 Å². The van der Waals surface area contributed by atoms with E-state index < -0.39 is 23.6 Å². The Hall–Kier alpha value is -2.05. The summed E-state index contributed by atoms with van der Waals surface area (Å²) in [5, 5.41) is 0. The molecule has 1 aromatic carbocycles. The molecule has 1 amide bonds. The number of amides is 1. The van der Waals surface area contributed by atoms with Gasteiger partial charge in [-0.25, -0.2) is 0 Å². The molecule has 0 N–H and O–H groups in total. The first-order valence-electron chi connectivity index (χ1n) is 7.18. The molecule has 7 heteroatoms. The average Bonchev–Trinajstić information content (AvgIpc) is 2.49. The fourth-order valence-electron chi connectivity index (χ4n) is 2.03. The lowest BCUT2D eigenvalue weighted by atomic mass is 10.1. The van der Waals surface area contributed by atoms with Crippen LogP contribution in [0.2, 0.25) is 0 Å². The van der Waals surface area contributed by atoms with Crippen molar-refractivity contribution in [3.8, 4) is 0 Å². The van der Waals surface area contributed by atoms with Crippen LogP contribution in [0.25, 0.3) is 0 Å². The molecule has 1 rings (SSSR count). The maximum atomic E-state index is 12.6. The van der Waals surface area contributed by atoms with E-state index in [2.05, 4.69) is 4.74 Å². The smallest absolute Gasteiger partial charge is 0.416 e. The van der Waals surface area contributed by atoms with E-state index in [9.17, 15) is 22.8 Å². The van der Waals surface area contributed by atoms with Crippen LogP contribution in [0.3, 0.4) is 0 Å². The van der Waals surface area contributed by atoms with E-state index in [1.165, 1.54) is 12.0 Å². The standard InChI is InChI=1S/C16H20F3NO3/c1-11(2)10-20(9-8-14(21)23-3)15(22)12-4-6-13(7-5-12)16(17,18)19/h4-7,11H,8-10H2,1-3H3. The fraction of sp³-hybridized carbons (Fsp3) is 0.500. The zero-order valence-corrected chi connectivity index (χ0v) is 13.3. The molecule has 128 valence electrons.